The lowest BCUT2D eigenvalue weighted by Gasteiger charge is -2.15. The zero-order valence-electron chi connectivity index (χ0n) is 17.7. The largest absolute Gasteiger partial charge is 0.444 e. The number of nitrogens with zero attached hydrogens (tertiary/aromatic N) is 1. The molecule has 2 N–H and O–H groups in total. The molecule has 1 amide bonds. The van der Waals surface area contributed by atoms with Gasteiger partial charge in [0.25, 0.3) is 5.91 Å². The van der Waals surface area contributed by atoms with Crippen molar-refractivity contribution in [1.29, 1.82) is 0 Å². The maximum Gasteiger partial charge on any atom is 0.273 e. The molecule has 0 bridgehead atoms. The molecule has 3 aromatic rings. The Balaban J connectivity index is 1.50. The normalized spacial score (nSPS) is 14.7. The van der Waals surface area contributed by atoms with Crippen LogP contribution < -0.4 is 10.0 Å². The number of anilines is 1. The molecule has 1 aromatic heterocycles. The van der Waals surface area contributed by atoms with Crippen molar-refractivity contribution in [2.45, 2.75) is 31.7 Å². The number of hydrogen-bond acceptors (Lipinski definition) is 5. The fraction of sp³-hybridized carbons (Fsp3) is 0.273. The molecule has 1 saturated carbocycles. The minimum atomic E-state index is -3.86. The van der Waals surface area contributed by atoms with Crippen molar-refractivity contribution in [3.63, 3.8) is 0 Å². The van der Waals surface area contributed by atoms with Crippen molar-refractivity contribution >= 4 is 37.5 Å². The molecule has 0 spiro atoms. The van der Waals surface area contributed by atoms with Crippen molar-refractivity contribution in [2.24, 2.45) is 0 Å². The molecule has 11 heteroatoms. The first-order valence-corrected chi connectivity index (χ1v) is 12.7. The third-order valence-corrected chi connectivity index (χ3v) is 6.18. The molecule has 1 aliphatic rings. The lowest BCUT2D eigenvalue weighted by Crippen LogP contribution is -2.27. The molecule has 1 heterocycles. The van der Waals surface area contributed by atoms with E-state index in [-0.39, 0.29) is 17.1 Å². The number of carbonyl (C=O) groups is 1. The molecule has 4 rings (SSSR count). The van der Waals surface area contributed by atoms with E-state index in [0.717, 1.165) is 41.3 Å². The van der Waals surface area contributed by atoms with Crippen molar-refractivity contribution in [3.8, 4) is 11.5 Å². The molecule has 0 saturated heterocycles. The van der Waals surface area contributed by atoms with E-state index in [0.29, 0.717) is 5.92 Å². The summed E-state index contributed by atoms with van der Waals surface area (Å²) in [6.45, 7) is 1.53. The summed E-state index contributed by atoms with van der Waals surface area (Å²) in [5.74, 6) is -1.97. The number of carbonyl (C=O) groups excluding carboxylic acids is 1. The predicted molar refractivity (Wildman–Crippen MR) is 122 cm³/mol. The highest BCUT2D eigenvalue weighted by atomic mass is 79.9. The third kappa shape index (κ3) is 5.59. The van der Waals surface area contributed by atoms with Crippen LogP contribution in [0.2, 0.25) is 0 Å². The average molecular weight is 540 g/mol. The molecular weight excluding hydrogens is 520 g/mol. The van der Waals surface area contributed by atoms with Gasteiger partial charge in [-0.3, -0.25) is 9.52 Å². The Hall–Kier alpha value is -2.79. The number of sulfonamides is 1. The Bertz CT molecular complexity index is 1320. The third-order valence-electron chi connectivity index (χ3n) is 5.15. The number of nitrogens with one attached hydrogen (secondary N) is 2. The molecular formula is C22H20BrF2N3O4S. The molecule has 1 unspecified atom stereocenters. The zero-order chi connectivity index (χ0) is 23.9. The summed E-state index contributed by atoms with van der Waals surface area (Å²) in [6.07, 6.45) is 4.28. The van der Waals surface area contributed by atoms with Crippen LogP contribution >= 0.6 is 15.9 Å². The van der Waals surface area contributed by atoms with Gasteiger partial charge in [-0.2, -0.15) is 0 Å². The van der Waals surface area contributed by atoms with E-state index < -0.39 is 39.3 Å². The lowest BCUT2D eigenvalue weighted by atomic mass is 10.1. The van der Waals surface area contributed by atoms with Crippen LogP contribution in [0.4, 0.5) is 14.5 Å². The van der Waals surface area contributed by atoms with Crippen LogP contribution in [0.15, 0.2) is 45.5 Å². The first kappa shape index (κ1) is 23.4. The summed E-state index contributed by atoms with van der Waals surface area (Å²) in [5.41, 5.74) is 1.26. The maximum atomic E-state index is 14.3. The van der Waals surface area contributed by atoms with E-state index in [1.54, 1.807) is 4.72 Å². The number of oxazole rings is 1. The van der Waals surface area contributed by atoms with Gasteiger partial charge in [-0.1, -0.05) is 15.9 Å². The summed E-state index contributed by atoms with van der Waals surface area (Å²) in [7, 11) is -3.86. The first-order chi connectivity index (χ1) is 15.5. The van der Waals surface area contributed by atoms with Crippen molar-refractivity contribution < 1.29 is 26.4 Å². The predicted octanol–water partition coefficient (Wildman–Crippen LogP) is 5.12. The number of halogens is 3. The minimum Gasteiger partial charge on any atom is -0.444 e. The first-order valence-electron chi connectivity index (χ1n) is 10.0. The Morgan fingerprint density at radius 2 is 1.85 bits per heavy atom. The summed E-state index contributed by atoms with van der Waals surface area (Å²) >= 11 is 3.49. The second-order valence-electron chi connectivity index (χ2n) is 8.01. The van der Waals surface area contributed by atoms with Gasteiger partial charge in [0.15, 0.2) is 17.3 Å². The number of benzene rings is 2. The van der Waals surface area contributed by atoms with Crippen LogP contribution in [0.3, 0.4) is 0 Å². The highest BCUT2D eigenvalue weighted by Crippen LogP contribution is 2.42. The highest BCUT2D eigenvalue weighted by molar-refractivity contribution is 9.10. The average Bonchev–Trinajstić information content (AvgIpc) is 3.45. The van der Waals surface area contributed by atoms with Gasteiger partial charge in [0, 0.05) is 10.0 Å². The van der Waals surface area contributed by atoms with Gasteiger partial charge in [-0.25, -0.2) is 22.2 Å². The number of amides is 1. The molecule has 1 aliphatic carbocycles. The molecule has 174 valence electrons. The van der Waals surface area contributed by atoms with E-state index in [4.69, 9.17) is 4.42 Å². The Labute approximate surface area is 197 Å². The van der Waals surface area contributed by atoms with Gasteiger partial charge >= 0.3 is 0 Å². The SMILES string of the molecule is CC(NC(=O)c1coc(-c2cc(Br)cc(C3CC3)c2)n1)c1cc(F)c(NS(C)(=O)=O)c(F)c1. The van der Waals surface area contributed by atoms with Gasteiger partial charge in [0.2, 0.25) is 15.9 Å². The van der Waals surface area contributed by atoms with Gasteiger partial charge in [0.1, 0.15) is 12.0 Å². The number of aromatic nitrogens is 1. The molecule has 0 aliphatic heterocycles. The van der Waals surface area contributed by atoms with Crippen LogP contribution in [0.5, 0.6) is 0 Å². The minimum absolute atomic E-state index is 0.0149. The number of hydrogen-bond donors (Lipinski definition) is 2. The van der Waals surface area contributed by atoms with Crippen LogP contribution in [-0.2, 0) is 10.0 Å². The fourth-order valence-electron chi connectivity index (χ4n) is 3.38. The van der Waals surface area contributed by atoms with Gasteiger partial charge in [0.05, 0.1) is 12.3 Å². The Kier molecular flexibility index (Phi) is 6.28. The van der Waals surface area contributed by atoms with Crippen molar-refractivity contribution in [2.75, 3.05) is 11.0 Å². The Morgan fingerprint density at radius 3 is 2.45 bits per heavy atom. The second kappa shape index (κ2) is 8.86. The van der Waals surface area contributed by atoms with E-state index in [9.17, 15) is 22.0 Å². The molecule has 2 aromatic carbocycles. The van der Waals surface area contributed by atoms with E-state index >= 15 is 0 Å². The maximum absolute atomic E-state index is 14.3. The van der Waals surface area contributed by atoms with E-state index in [1.807, 2.05) is 18.2 Å². The van der Waals surface area contributed by atoms with Gasteiger partial charge in [-0.05, 0) is 67.1 Å². The van der Waals surface area contributed by atoms with Crippen LogP contribution in [0, 0.1) is 11.6 Å². The van der Waals surface area contributed by atoms with Crippen molar-refractivity contribution in [1.82, 2.24) is 10.3 Å². The topological polar surface area (TPSA) is 101 Å². The fourth-order valence-corrected chi connectivity index (χ4v) is 4.46. The Morgan fingerprint density at radius 1 is 1.18 bits per heavy atom. The molecule has 0 radical (unpaired) electrons. The summed E-state index contributed by atoms with van der Waals surface area (Å²) in [5, 5.41) is 2.61. The zero-order valence-corrected chi connectivity index (χ0v) is 20.1. The number of rotatable bonds is 7. The second-order valence-corrected chi connectivity index (χ2v) is 10.7. The summed E-state index contributed by atoms with van der Waals surface area (Å²) < 4.78 is 59.3. The summed E-state index contributed by atoms with van der Waals surface area (Å²) in [4.78, 5) is 16.9. The van der Waals surface area contributed by atoms with Gasteiger partial charge in [-0.15, -0.1) is 0 Å². The van der Waals surface area contributed by atoms with Crippen LogP contribution in [0.25, 0.3) is 11.5 Å². The monoisotopic (exact) mass is 539 g/mol. The standard InChI is InChI=1S/C22H20BrF2N3O4S/c1-11(13-8-17(24)20(18(25)9-13)28-33(2,30)31)26-21(29)19-10-32-22(27-19)15-5-14(12-3-4-12)6-16(23)7-15/h5-12,28H,3-4H2,1-2H3,(H,26,29). The smallest absolute Gasteiger partial charge is 0.273 e. The lowest BCUT2D eigenvalue weighted by molar-refractivity contribution is 0.0934. The molecule has 1 fully saturated rings. The van der Waals surface area contributed by atoms with E-state index in [1.165, 1.54) is 18.8 Å². The molecule has 1 atom stereocenters. The van der Waals surface area contributed by atoms with Crippen LogP contribution in [-0.4, -0.2) is 25.6 Å². The van der Waals surface area contributed by atoms with Crippen LogP contribution in [0.1, 0.15) is 53.3 Å². The van der Waals surface area contributed by atoms with E-state index in [2.05, 4.69) is 26.2 Å². The molecule has 7 nitrogen and oxygen atoms in total. The quantitative estimate of drug-likeness (QED) is 0.433. The van der Waals surface area contributed by atoms with Gasteiger partial charge < -0.3 is 9.73 Å². The molecule has 33 heavy (non-hydrogen) atoms. The highest BCUT2D eigenvalue weighted by Gasteiger charge is 2.25. The van der Waals surface area contributed by atoms with Crippen molar-refractivity contribution in [3.05, 3.63) is 69.5 Å². The summed E-state index contributed by atoms with van der Waals surface area (Å²) in [6, 6.07) is 7.00.